The summed E-state index contributed by atoms with van der Waals surface area (Å²) in [5.41, 5.74) is 5.14. The fourth-order valence-corrected chi connectivity index (χ4v) is 1.28. The van der Waals surface area contributed by atoms with Crippen LogP contribution in [0.15, 0.2) is 0 Å². The van der Waals surface area contributed by atoms with Crippen LogP contribution in [0, 0.1) is 23.5 Å². The smallest absolute Gasteiger partial charge is 0.170 e. The van der Waals surface area contributed by atoms with Crippen LogP contribution in [0.5, 0.6) is 0 Å². The fourth-order valence-electron chi connectivity index (χ4n) is 1.07. The molecule has 77 valence electrons. The van der Waals surface area contributed by atoms with Crippen molar-refractivity contribution in [1.82, 2.24) is 0 Å². The lowest BCUT2D eigenvalue weighted by atomic mass is 10.1. The summed E-state index contributed by atoms with van der Waals surface area (Å²) < 4.78 is 38.6. The van der Waals surface area contributed by atoms with E-state index in [0.29, 0.717) is 0 Å². The molecule has 1 unspecified atom stereocenters. The first-order valence-corrected chi connectivity index (χ1v) is 4.31. The monoisotopic (exact) mass is 222 g/mol. The van der Waals surface area contributed by atoms with E-state index in [4.69, 9.17) is 17.3 Å². The molecule has 1 aromatic rings. The summed E-state index contributed by atoms with van der Waals surface area (Å²) in [6, 6.07) is 1.11. The molecule has 5 heteroatoms. The van der Waals surface area contributed by atoms with Gasteiger partial charge in [-0.15, -0.1) is 0 Å². The van der Waals surface area contributed by atoms with Crippen LogP contribution in [0.1, 0.15) is 12.5 Å². The topological polar surface area (TPSA) is 26.0 Å². The number of halogens is 4. The van der Waals surface area contributed by atoms with Gasteiger partial charge in [-0.1, -0.05) is 11.6 Å². The summed E-state index contributed by atoms with van der Waals surface area (Å²) in [6.45, 7) is 1.59. The second-order valence-corrected chi connectivity index (χ2v) is 3.42. The molecular formula is C9H8ClF3N. The highest BCUT2D eigenvalue weighted by molar-refractivity contribution is 6.31. The Hall–Kier alpha value is -0.740. The van der Waals surface area contributed by atoms with E-state index in [-0.39, 0.29) is 12.0 Å². The zero-order valence-corrected chi connectivity index (χ0v) is 8.13. The maximum Gasteiger partial charge on any atom is 0.170 e. The number of hydrogen-bond donors (Lipinski definition) is 1. The third-order valence-corrected chi connectivity index (χ3v) is 2.05. The summed E-state index contributed by atoms with van der Waals surface area (Å²) in [5, 5.41) is -0.457. The normalized spacial score (nSPS) is 13.0. The van der Waals surface area contributed by atoms with Crippen molar-refractivity contribution in [2.24, 2.45) is 5.73 Å². The Balaban J connectivity index is 3.25. The Kier molecular flexibility index (Phi) is 3.39. The van der Waals surface area contributed by atoms with Gasteiger partial charge in [0.15, 0.2) is 17.5 Å². The van der Waals surface area contributed by atoms with Crippen molar-refractivity contribution in [3.8, 4) is 0 Å². The van der Waals surface area contributed by atoms with Gasteiger partial charge in [-0.05, 0) is 13.3 Å². The molecule has 0 bridgehead atoms. The van der Waals surface area contributed by atoms with Gasteiger partial charge in [-0.2, -0.15) is 0 Å². The predicted octanol–water partition coefficient (Wildman–Crippen LogP) is 2.45. The Morgan fingerprint density at radius 1 is 1.36 bits per heavy atom. The van der Waals surface area contributed by atoms with Crippen molar-refractivity contribution in [1.29, 1.82) is 0 Å². The van der Waals surface area contributed by atoms with Crippen LogP contribution in [0.2, 0.25) is 5.02 Å². The quantitative estimate of drug-likeness (QED) is 0.765. The van der Waals surface area contributed by atoms with Crippen LogP contribution < -0.4 is 5.73 Å². The van der Waals surface area contributed by atoms with Gasteiger partial charge in [-0.3, -0.25) is 0 Å². The van der Waals surface area contributed by atoms with E-state index in [0.717, 1.165) is 0 Å². The maximum atomic E-state index is 13.1. The van der Waals surface area contributed by atoms with E-state index in [1.807, 2.05) is 0 Å². The lowest BCUT2D eigenvalue weighted by molar-refractivity contribution is 0.479. The molecule has 0 fully saturated rings. The number of nitrogens with two attached hydrogens (primary N) is 1. The molecule has 0 amide bonds. The van der Waals surface area contributed by atoms with E-state index in [1.165, 1.54) is 6.07 Å². The van der Waals surface area contributed by atoms with Crippen molar-refractivity contribution >= 4 is 11.6 Å². The lowest BCUT2D eigenvalue weighted by Gasteiger charge is -2.09. The second kappa shape index (κ2) is 4.19. The predicted molar refractivity (Wildman–Crippen MR) is 47.5 cm³/mol. The summed E-state index contributed by atoms with van der Waals surface area (Å²) in [7, 11) is 0. The van der Waals surface area contributed by atoms with Crippen molar-refractivity contribution < 1.29 is 13.2 Å². The summed E-state index contributed by atoms with van der Waals surface area (Å²) in [6.07, 6.45) is -0.0206. The van der Waals surface area contributed by atoms with Crippen molar-refractivity contribution in [3.05, 3.63) is 34.1 Å². The Morgan fingerprint density at radius 3 is 2.43 bits per heavy atom. The molecule has 1 atom stereocenters. The molecule has 0 aromatic heterocycles. The van der Waals surface area contributed by atoms with Gasteiger partial charge in [0.05, 0.1) is 11.1 Å². The third kappa shape index (κ3) is 2.19. The van der Waals surface area contributed by atoms with Crippen LogP contribution in [-0.4, -0.2) is 6.04 Å². The zero-order chi connectivity index (χ0) is 10.9. The van der Waals surface area contributed by atoms with E-state index < -0.39 is 28.5 Å². The minimum atomic E-state index is -1.37. The maximum absolute atomic E-state index is 13.1. The van der Waals surface area contributed by atoms with Crippen molar-refractivity contribution in [2.75, 3.05) is 0 Å². The first-order chi connectivity index (χ1) is 6.43. The average Bonchev–Trinajstić information content (AvgIpc) is 2.09. The van der Waals surface area contributed by atoms with Crippen molar-refractivity contribution in [2.45, 2.75) is 19.4 Å². The largest absolute Gasteiger partial charge is 0.328 e. The van der Waals surface area contributed by atoms with Gasteiger partial charge in [0.1, 0.15) is 0 Å². The molecule has 1 nitrogen and oxygen atoms in total. The number of hydrogen-bond acceptors (Lipinski definition) is 1. The highest BCUT2D eigenvalue weighted by Gasteiger charge is 2.18. The first kappa shape index (κ1) is 11.3. The SMILES string of the molecule is CC(N)Cc1c(F)c(F)[c]c(F)c1Cl. The highest BCUT2D eigenvalue weighted by Crippen LogP contribution is 2.25. The van der Waals surface area contributed by atoms with E-state index in [1.54, 1.807) is 6.92 Å². The van der Waals surface area contributed by atoms with E-state index in [2.05, 4.69) is 0 Å². The lowest BCUT2D eigenvalue weighted by Crippen LogP contribution is -2.19. The Labute approximate surface area is 84.7 Å². The van der Waals surface area contributed by atoms with Crippen molar-refractivity contribution in [3.63, 3.8) is 0 Å². The molecule has 0 aliphatic rings. The van der Waals surface area contributed by atoms with Crippen LogP contribution in [0.25, 0.3) is 0 Å². The summed E-state index contributed by atoms with van der Waals surface area (Å²) in [5.74, 6) is -3.66. The molecular weight excluding hydrogens is 215 g/mol. The Morgan fingerprint density at radius 2 is 1.93 bits per heavy atom. The second-order valence-electron chi connectivity index (χ2n) is 3.04. The highest BCUT2D eigenvalue weighted by atomic mass is 35.5. The molecule has 1 aromatic carbocycles. The minimum absolute atomic E-state index is 0.0206. The summed E-state index contributed by atoms with van der Waals surface area (Å²) >= 11 is 5.45. The zero-order valence-electron chi connectivity index (χ0n) is 7.37. The minimum Gasteiger partial charge on any atom is -0.328 e. The first-order valence-electron chi connectivity index (χ1n) is 3.93. The van der Waals surface area contributed by atoms with Gasteiger partial charge in [0, 0.05) is 11.6 Å². The van der Waals surface area contributed by atoms with Gasteiger partial charge < -0.3 is 5.73 Å². The van der Waals surface area contributed by atoms with Gasteiger partial charge in [0.25, 0.3) is 0 Å². The molecule has 1 radical (unpaired) electrons. The molecule has 14 heavy (non-hydrogen) atoms. The average molecular weight is 223 g/mol. The summed E-state index contributed by atoms with van der Waals surface area (Å²) in [4.78, 5) is 0. The number of rotatable bonds is 2. The number of benzene rings is 1. The molecule has 0 aliphatic heterocycles. The van der Waals surface area contributed by atoms with E-state index in [9.17, 15) is 13.2 Å². The van der Waals surface area contributed by atoms with Gasteiger partial charge in [0.2, 0.25) is 0 Å². The molecule has 0 spiro atoms. The third-order valence-electron chi connectivity index (χ3n) is 1.66. The Bertz CT molecular complexity index is 326. The standard InChI is InChI=1S/C9H8ClF3N/c1-4(14)2-5-8(10)6(11)3-7(12)9(5)13/h4H,2,14H2,1H3. The van der Waals surface area contributed by atoms with Crippen LogP contribution >= 0.6 is 11.6 Å². The van der Waals surface area contributed by atoms with Gasteiger partial charge in [-0.25, -0.2) is 13.2 Å². The molecule has 0 saturated heterocycles. The van der Waals surface area contributed by atoms with E-state index >= 15 is 0 Å². The molecule has 0 aliphatic carbocycles. The van der Waals surface area contributed by atoms with Crippen LogP contribution in [0.3, 0.4) is 0 Å². The fraction of sp³-hybridized carbons (Fsp3) is 0.333. The molecule has 0 saturated carbocycles. The molecule has 0 heterocycles. The van der Waals surface area contributed by atoms with Crippen LogP contribution in [-0.2, 0) is 6.42 Å². The van der Waals surface area contributed by atoms with Gasteiger partial charge >= 0.3 is 0 Å². The van der Waals surface area contributed by atoms with Crippen LogP contribution in [0.4, 0.5) is 13.2 Å². The molecule has 2 N–H and O–H groups in total. The molecule has 1 rings (SSSR count).